The van der Waals surface area contributed by atoms with Crippen molar-refractivity contribution in [1.82, 2.24) is 9.88 Å². The summed E-state index contributed by atoms with van der Waals surface area (Å²) in [6.45, 7) is 5.40. The molecule has 1 unspecified atom stereocenters. The molecule has 1 aromatic heterocycles. The molecule has 30 heavy (non-hydrogen) atoms. The standard InChI is InChI=1S/C22H26BrN3O4/c1-12(2)20(30-22(24)28)21(27)26-9-3-4-17(26)19-16-11-29-10-15(16)18(25-19)13-5-7-14(23)8-6-13/h5-8,12,17,20,25H,3-4,9-11H2,1-2H3,(H2,24,28)/t17-,20?/m0/s1. The maximum Gasteiger partial charge on any atom is 0.405 e. The minimum atomic E-state index is -0.926. The molecule has 4 rings (SSSR count). The van der Waals surface area contributed by atoms with Crippen LogP contribution in [0.4, 0.5) is 4.79 Å². The summed E-state index contributed by atoms with van der Waals surface area (Å²) < 4.78 is 11.9. The summed E-state index contributed by atoms with van der Waals surface area (Å²) in [5, 5.41) is 0. The maximum atomic E-state index is 13.3. The van der Waals surface area contributed by atoms with E-state index in [4.69, 9.17) is 15.2 Å². The number of rotatable bonds is 5. The van der Waals surface area contributed by atoms with Gasteiger partial charge in [0.05, 0.1) is 24.9 Å². The highest BCUT2D eigenvalue weighted by Gasteiger charge is 2.39. The van der Waals surface area contributed by atoms with Crippen LogP contribution < -0.4 is 5.73 Å². The highest BCUT2D eigenvalue weighted by atomic mass is 79.9. The lowest BCUT2D eigenvalue weighted by Crippen LogP contribution is -2.44. The van der Waals surface area contributed by atoms with Gasteiger partial charge in [0.15, 0.2) is 6.10 Å². The number of halogens is 1. The Kier molecular flexibility index (Phi) is 5.88. The lowest BCUT2D eigenvalue weighted by atomic mass is 10.0. The van der Waals surface area contributed by atoms with E-state index >= 15 is 0 Å². The third-order valence-corrected chi connectivity index (χ3v) is 6.37. The Labute approximate surface area is 184 Å². The number of aromatic nitrogens is 1. The molecule has 2 aliphatic rings. The Morgan fingerprint density at radius 3 is 2.60 bits per heavy atom. The van der Waals surface area contributed by atoms with Crippen LogP contribution in [0.5, 0.6) is 0 Å². The van der Waals surface area contributed by atoms with Crippen molar-refractivity contribution in [3.8, 4) is 11.3 Å². The molecule has 0 radical (unpaired) electrons. The first-order valence-corrected chi connectivity index (χ1v) is 11.0. The Bertz CT molecular complexity index is 954. The first-order chi connectivity index (χ1) is 14.4. The van der Waals surface area contributed by atoms with E-state index in [1.54, 1.807) is 0 Å². The number of H-pyrrole nitrogens is 1. The normalized spacial score (nSPS) is 19.2. The molecule has 160 valence electrons. The van der Waals surface area contributed by atoms with Crippen LogP contribution in [0.1, 0.15) is 49.6 Å². The second-order valence-corrected chi connectivity index (χ2v) is 9.08. The highest BCUT2D eigenvalue weighted by molar-refractivity contribution is 9.10. The molecule has 2 aromatic rings. The number of fused-ring (bicyclic) bond motifs is 1. The SMILES string of the molecule is CC(C)C(OC(N)=O)C(=O)N1CCC[C@H]1c1[nH]c(-c2ccc(Br)cc2)c2c1COC2. The van der Waals surface area contributed by atoms with Gasteiger partial charge in [-0.1, -0.05) is 41.9 Å². The highest BCUT2D eigenvalue weighted by Crippen LogP contribution is 2.41. The van der Waals surface area contributed by atoms with Gasteiger partial charge in [-0.25, -0.2) is 4.79 Å². The minimum Gasteiger partial charge on any atom is -0.436 e. The fourth-order valence-corrected chi connectivity index (χ4v) is 4.68. The van der Waals surface area contributed by atoms with Crippen molar-refractivity contribution >= 4 is 27.9 Å². The Morgan fingerprint density at radius 1 is 1.23 bits per heavy atom. The molecule has 7 nitrogen and oxygen atoms in total. The molecule has 3 N–H and O–H groups in total. The van der Waals surface area contributed by atoms with Crippen LogP contribution in [-0.4, -0.2) is 34.5 Å². The Hall–Kier alpha value is -2.32. The smallest absolute Gasteiger partial charge is 0.405 e. The number of nitrogens with one attached hydrogen (secondary N) is 1. The summed E-state index contributed by atoms with van der Waals surface area (Å²) in [7, 11) is 0. The van der Waals surface area contributed by atoms with E-state index in [0.717, 1.165) is 45.4 Å². The second-order valence-electron chi connectivity index (χ2n) is 8.16. The van der Waals surface area contributed by atoms with Gasteiger partial charge >= 0.3 is 6.09 Å². The molecule has 2 atom stereocenters. The van der Waals surface area contributed by atoms with Crippen molar-refractivity contribution < 1.29 is 19.1 Å². The number of likely N-dealkylation sites (tertiary alicyclic amines) is 1. The maximum absolute atomic E-state index is 13.3. The number of ether oxygens (including phenoxy) is 2. The monoisotopic (exact) mass is 475 g/mol. The zero-order valence-corrected chi connectivity index (χ0v) is 18.7. The van der Waals surface area contributed by atoms with Gasteiger partial charge < -0.3 is 25.1 Å². The number of aromatic amines is 1. The Morgan fingerprint density at radius 2 is 1.93 bits per heavy atom. The van der Waals surface area contributed by atoms with Gasteiger partial charge in [0.2, 0.25) is 0 Å². The van der Waals surface area contributed by atoms with Gasteiger partial charge in [-0.3, -0.25) is 4.79 Å². The van der Waals surface area contributed by atoms with Crippen molar-refractivity contribution in [2.24, 2.45) is 11.7 Å². The molecular weight excluding hydrogens is 450 g/mol. The topological polar surface area (TPSA) is 97.6 Å². The van der Waals surface area contributed by atoms with E-state index < -0.39 is 12.2 Å². The molecule has 1 fully saturated rings. The molecule has 1 aromatic carbocycles. The molecule has 8 heteroatoms. The number of hydrogen-bond acceptors (Lipinski definition) is 4. The fourth-order valence-electron chi connectivity index (χ4n) is 4.42. The summed E-state index contributed by atoms with van der Waals surface area (Å²) in [6.07, 6.45) is -0.0716. The van der Waals surface area contributed by atoms with Gasteiger partial charge in [0.1, 0.15) is 0 Å². The van der Waals surface area contributed by atoms with E-state index in [1.807, 2.05) is 30.9 Å². The first kappa shape index (κ1) is 20.9. The number of carbonyl (C=O) groups is 2. The van der Waals surface area contributed by atoms with Gasteiger partial charge in [-0.05, 0) is 36.5 Å². The van der Waals surface area contributed by atoms with Gasteiger partial charge in [0.25, 0.3) is 5.91 Å². The number of carbonyl (C=O) groups excluding carboxylic acids is 2. The quantitative estimate of drug-likeness (QED) is 0.674. The lowest BCUT2D eigenvalue weighted by molar-refractivity contribution is -0.143. The van der Waals surface area contributed by atoms with Crippen molar-refractivity contribution in [2.45, 2.75) is 52.0 Å². The van der Waals surface area contributed by atoms with Crippen LogP contribution in [0.3, 0.4) is 0 Å². The summed E-state index contributed by atoms with van der Waals surface area (Å²) in [6, 6.07) is 8.04. The fraction of sp³-hybridized carbons (Fsp3) is 0.455. The molecule has 0 spiro atoms. The molecule has 0 aliphatic carbocycles. The number of amides is 2. The average Bonchev–Trinajstić information content (AvgIpc) is 3.42. The summed E-state index contributed by atoms with van der Waals surface area (Å²) in [5.74, 6) is -0.360. The Balaban J connectivity index is 1.68. The summed E-state index contributed by atoms with van der Waals surface area (Å²) in [5.41, 5.74) is 10.6. The van der Waals surface area contributed by atoms with Crippen LogP contribution in [0, 0.1) is 5.92 Å². The molecule has 3 heterocycles. The van der Waals surface area contributed by atoms with Gasteiger partial charge in [-0.2, -0.15) is 0 Å². The average molecular weight is 476 g/mol. The van der Waals surface area contributed by atoms with Gasteiger partial charge in [-0.15, -0.1) is 0 Å². The van der Waals surface area contributed by atoms with E-state index in [-0.39, 0.29) is 17.9 Å². The molecule has 2 aliphatic heterocycles. The largest absolute Gasteiger partial charge is 0.436 e. The summed E-state index contributed by atoms with van der Waals surface area (Å²) in [4.78, 5) is 30.0. The predicted octanol–water partition coefficient (Wildman–Crippen LogP) is 4.26. The third kappa shape index (κ3) is 3.86. The number of nitrogens with two attached hydrogens (primary N) is 1. The van der Waals surface area contributed by atoms with Crippen LogP contribution in [-0.2, 0) is 27.5 Å². The number of primary amides is 1. The molecule has 1 saturated heterocycles. The van der Waals surface area contributed by atoms with Crippen LogP contribution in [0.15, 0.2) is 28.7 Å². The van der Waals surface area contributed by atoms with E-state index in [1.165, 1.54) is 0 Å². The van der Waals surface area contributed by atoms with E-state index in [0.29, 0.717) is 19.8 Å². The number of benzene rings is 1. The molecule has 0 bridgehead atoms. The van der Waals surface area contributed by atoms with Crippen LogP contribution >= 0.6 is 15.9 Å². The van der Waals surface area contributed by atoms with Crippen molar-refractivity contribution in [1.29, 1.82) is 0 Å². The molecule has 2 amide bonds. The van der Waals surface area contributed by atoms with Crippen molar-refractivity contribution in [3.63, 3.8) is 0 Å². The number of nitrogens with zero attached hydrogens (tertiary/aromatic N) is 1. The van der Waals surface area contributed by atoms with Crippen molar-refractivity contribution in [2.75, 3.05) is 6.54 Å². The lowest BCUT2D eigenvalue weighted by Gasteiger charge is -2.30. The summed E-state index contributed by atoms with van der Waals surface area (Å²) >= 11 is 3.48. The second kappa shape index (κ2) is 8.43. The van der Waals surface area contributed by atoms with E-state index in [9.17, 15) is 9.59 Å². The molecular formula is C22H26BrN3O4. The zero-order chi connectivity index (χ0) is 21.4. The van der Waals surface area contributed by atoms with Crippen LogP contribution in [0.2, 0.25) is 0 Å². The van der Waals surface area contributed by atoms with E-state index in [2.05, 4.69) is 33.0 Å². The van der Waals surface area contributed by atoms with Gasteiger partial charge in [0, 0.05) is 27.8 Å². The zero-order valence-electron chi connectivity index (χ0n) is 17.1. The predicted molar refractivity (Wildman–Crippen MR) is 115 cm³/mol. The third-order valence-electron chi connectivity index (χ3n) is 5.84. The minimum absolute atomic E-state index is 0.102. The first-order valence-electron chi connectivity index (χ1n) is 10.2. The number of hydrogen-bond donors (Lipinski definition) is 2. The van der Waals surface area contributed by atoms with Crippen molar-refractivity contribution in [3.05, 3.63) is 45.6 Å². The molecule has 0 saturated carbocycles. The van der Waals surface area contributed by atoms with Crippen LogP contribution in [0.25, 0.3) is 11.3 Å².